The number of anilines is 2. The molecule has 0 N–H and O–H groups in total. The van der Waals surface area contributed by atoms with Crippen molar-refractivity contribution in [1.29, 1.82) is 0 Å². The zero-order valence-corrected chi connectivity index (χ0v) is 17.3. The van der Waals surface area contributed by atoms with Gasteiger partial charge in [-0.15, -0.1) is 0 Å². The van der Waals surface area contributed by atoms with E-state index in [1.165, 1.54) is 5.56 Å². The Labute approximate surface area is 171 Å². The molecule has 0 atom stereocenters. The number of benzene rings is 2. The van der Waals surface area contributed by atoms with E-state index in [-0.39, 0.29) is 5.56 Å². The van der Waals surface area contributed by atoms with Crippen LogP contribution in [0.4, 0.5) is 11.6 Å². The number of rotatable bonds is 4. The van der Waals surface area contributed by atoms with Crippen molar-refractivity contribution in [2.24, 2.45) is 0 Å². The minimum Gasteiger partial charge on any atom is -0.496 e. The summed E-state index contributed by atoms with van der Waals surface area (Å²) in [6.07, 6.45) is 0. The van der Waals surface area contributed by atoms with Crippen LogP contribution in [0.3, 0.4) is 0 Å². The van der Waals surface area contributed by atoms with Gasteiger partial charge in [-0.1, -0.05) is 35.9 Å². The molecule has 0 bridgehead atoms. The molecular formula is C23H26N4O2. The molecule has 150 valence electrons. The van der Waals surface area contributed by atoms with E-state index in [4.69, 9.17) is 9.72 Å². The van der Waals surface area contributed by atoms with E-state index >= 15 is 0 Å². The Morgan fingerprint density at radius 3 is 2.45 bits per heavy atom. The molecule has 0 aliphatic carbocycles. The Morgan fingerprint density at radius 1 is 1.00 bits per heavy atom. The summed E-state index contributed by atoms with van der Waals surface area (Å²) in [5, 5.41) is 0. The number of aryl methyl sites for hydroxylation is 2. The number of aromatic nitrogens is 2. The lowest BCUT2D eigenvalue weighted by Gasteiger charge is -2.38. The summed E-state index contributed by atoms with van der Waals surface area (Å²) in [7, 11) is 1.68. The lowest BCUT2D eigenvalue weighted by molar-refractivity contribution is 0.187. The normalized spacial score (nSPS) is 14.0. The number of ether oxygens (including phenoxy) is 1. The highest BCUT2D eigenvalue weighted by Gasteiger charge is 2.27. The average molecular weight is 390 g/mol. The van der Waals surface area contributed by atoms with Crippen LogP contribution in [0.15, 0.2) is 53.3 Å². The second-order valence-electron chi connectivity index (χ2n) is 7.54. The highest BCUT2D eigenvalue weighted by Crippen LogP contribution is 2.29. The molecule has 1 aliphatic rings. The quantitative estimate of drug-likeness (QED) is 0.679. The SMILES string of the molecule is COc1ccccc1CN1CN(c2ccc(C)cc2)c2nc(C)c(C)c(=O)n2C1. The van der Waals surface area contributed by atoms with Gasteiger partial charge in [0, 0.05) is 29.1 Å². The van der Waals surface area contributed by atoms with Crippen LogP contribution in [0.1, 0.15) is 22.4 Å². The van der Waals surface area contributed by atoms with Crippen LogP contribution in [0, 0.1) is 20.8 Å². The first-order chi connectivity index (χ1) is 14.0. The third kappa shape index (κ3) is 3.63. The third-order valence-corrected chi connectivity index (χ3v) is 5.47. The van der Waals surface area contributed by atoms with Gasteiger partial charge in [0.2, 0.25) is 5.95 Å². The molecule has 3 aromatic rings. The Morgan fingerprint density at radius 2 is 1.72 bits per heavy atom. The highest BCUT2D eigenvalue weighted by atomic mass is 16.5. The Kier molecular flexibility index (Phi) is 5.11. The van der Waals surface area contributed by atoms with E-state index < -0.39 is 0 Å². The van der Waals surface area contributed by atoms with E-state index in [1.54, 1.807) is 11.7 Å². The molecule has 0 saturated carbocycles. The lowest BCUT2D eigenvalue weighted by atomic mass is 10.2. The smallest absolute Gasteiger partial charge is 0.259 e. The molecule has 0 amide bonds. The molecule has 0 saturated heterocycles. The maximum absolute atomic E-state index is 13.0. The van der Waals surface area contributed by atoms with Crippen LogP contribution in [0.2, 0.25) is 0 Å². The van der Waals surface area contributed by atoms with Crippen molar-refractivity contribution in [3.63, 3.8) is 0 Å². The predicted molar refractivity (Wildman–Crippen MR) is 115 cm³/mol. The molecule has 0 radical (unpaired) electrons. The molecular weight excluding hydrogens is 364 g/mol. The largest absolute Gasteiger partial charge is 0.496 e. The first-order valence-electron chi connectivity index (χ1n) is 9.74. The molecule has 1 aromatic heterocycles. The maximum Gasteiger partial charge on any atom is 0.259 e. The van der Waals surface area contributed by atoms with Crippen molar-refractivity contribution in [3.05, 3.63) is 81.3 Å². The van der Waals surface area contributed by atoms with Gasteiger partial charge in [-0.3, -0.25) is 19.2 Å². The average Bonchev–Trinajstić information content (AvgIpc) is 2.73. The number of para-hydroxylation sites is 1. The number of nitrogens with zero attached hydrogens (tertiary/aromatic N) is 4. The van der Waals surface area contributed by atoms with Gasteiger partial charge in [0.1, 0.15) is 5.75 Å². The second kappa shape index (κ2) is 7.72. The molecule has 0 spiro atoms. The zero-order chi connectivity index (χ0) is 20.5. The van der Waals surface area contributed by atoms with Crippen LogP contribution >= 0.6 is 0 Å². The fourth-order valence-electron chi connectivity index (χ4n) is 3.68. The molecule has 0 fully saturated rings. The van der Waals surface area contributed by atoms with Gasteiger partial charge in [-0.2, -0.15) is 0 Å². The highest BCUT2D eigenvalue weighted by molar-refractivity contribution is 5.58. The van der Waals surface area contributed by atoms with Crippen LogP contribution in [0.25, 0.3) is 0 Å². The summed E-state index contributed by atoms with van der Waals surface area (Å²) in [6.45, 7) is 7.60. The van der Waals surface area contributed by atoms with Crippen molar-refractivity contribution in [1.82, 2.24) is 14.5 Å². The van der Waals surface area contributed by atoms with Crippen LogP contribution < -0.4 is 15.2 Å². The Balaban J connectivity index is 1.77. The van der Waals surface area contributed by atoms with Gasteiger partial charge in [0.15, 0.2) is 0 Å². The van der Waals surface area contributed by atoms with E-state index in [0.29, 0.717) is 31.4 Å². The zero-order valence-electron chi connectivity index (χ0n) is 17.3. The number of methoxy groups -OCH3 is 1. The molecule has 6 heteroatoms. The van der Waals surface area contributed by atoms with Crippen molar-refractivity contribution in [2.45, 2.75) is 34.0 Å². The topological polar surface area (TPSA) is 50.6 Å². The molecule has 2 aromatic carbocycles. The standard InChI is InChI=1S/C23H26N4O2/c1-16-9-11-20(12-10-16)26-14-25(13-19-7-5-6-8-21(19)29-4)15-27-22(28)17(2)18(3)24-23(26)27/h5-12H,13-15H2,1-4H3. The summed E-state index contributed by atoms with van der Waals surface area (Å²) >= 11 is 0. The van der Waals surface area contributed by atoms with Gasteiger partial charge in [-0.05, 0) is 39.0 Å². The second-order valence-corrected chi connectivity index (χ2v) is 7.54. The van der Waals surface area contributed by atoms with Gasteiger partial charge in [-0.25, -0.2) is 4.98 Å². The van der Waals surface area contributed by atoms with E-state index in [2.05, 4.69) is 47.1 Å². The number of hydrogen-bond donors (Lipinski definition) is 0. The summed E-state index contributed by atoms with van der Waals surface area (Å²) < 4.78 is 7.28. The Hall–Kier alpha value is -3.12. The van der Waals surface area contributed by atoms with Gasteiger partial charge >= 0.3 is 0 Å². The van der Waals surface area contributed by atoms with Crippen molar-refractivity contribution < 1.29 is 4.74 Å². The fraction of sp³-hybridized carbons (Fsp3) is 0.304. The molecule has 29 heavy (non-hydrogen) atoms. The monoisotopic (exact) mass is 390 g/mol. The number of hydrogen-bond acceptors (Lipinski definition) is 5. The molecule has 6 nitrogen and oxygen atoms in total. The Bertz CT molecular complexity index is 1090. The first-order valence-corrected chi connectivity index (χ1v) is 9.74. The summed E-state index contributed by atoms with van der Waals surface area (Å²) in [5.41, 5.74) is 4.78. The molecule has 4 rings (SSSR count). The summed E-state index contributed by atoms with van der Waals surface area (Å²) in [6, 6.07) is 16.3. The van der Waals surface area contributed by atoms with E-state index in [0.717, 1.165) is 22.7 Å². The van der Waals surface area contributed by atoms with Crippen molar-refractivity contribution in [3.8, 4) is 5.75 Å². The first kappa shape index (κ1) is 19.2. The van der Waals surface area contributed by atoms with Crippen molar-refractivity contribution in [2.75, 3.05) is 18.7 Å². The summed E-state index contributed by atoms with van der Waals surface area (Å²) in [4.78, 5) is 22.1. The van der Waals surface area contributed by atoms with E-state index in [9.17, 15) is 4.79 Å². The van der Waals surface area contributed by atoms with Crippen molar-refractivity contribution >= 4 is 11.6 Å². The van der Waals surface area contributed by atoms with Gasteiger partial charge < -0.3 is 4.74 Å². The van der Waals surface area contributed by atoms with E-state index in [1.807, 2.05) is 32.0 Å². The third-order valence-electron chi connectivity index (χ3n) is 5.47. The lowest BCUT2D eigenvalue weighted by Crippen LogP contribution is -2.47. The molecule has 0 unspecified atom stereocenters. The molecule has 1 aliphatic heterocycles. The van der Waals surface area contributed by atoms with Crippen LogP contribution in [-0.2, 0) is 13.2 Å². The number of fused-ring (bicyclic) bond motifs is 1. The predicted octanol–water partition coefficient (Wildman–Crippen LogP) is 3.75. The van der Waals surface area contributed by atoms with Gasteiger partial charge in [0.25, 0.3) is 5.56 Å². The maximum atomic E-state index is 13.0. The minimum absolute atomic E-state index is 0.00865. The van der Waals surface area contributed by atoms with Gasteiger partial charge in [0.05, 0.1) is 20.4 Å². The van der Waals surface area contributed by atoms with Crippen LogP contribution in [0.5, 0.6) is 5.75 Å². The minimum atomic E-state index is 0.00865. The van der Waals surface area contributed by atoms with Crippen LogP contribution in [-0.4, -0.2) is 28.2 Å². The fourth-order valence-corrected chi connectivity index (χ4v) is 3.68. The summed E-state index contributed by atoms with van der Waals surface area (Å²) in [5.74, 6) is 1.55. The molecule has 2 heterocycles.